The molecule has 0 amide bonds. The second-order valence-corrected chi connectivity index (χ2v) is 12.6. The maximum atomic E-state index is 14.2. The van der Waals surface area contributed by atoms with E-state index in [-0.39, 0.29) is 18.1 Å². The second-order valence-electron chi connectivity index (χ2n) is 10.7. The number of esters is 2. The highest BCUT2D eigenvalue weighted by atomic mass is 79.9. The third-order valence-electron chi connectivity index (χ3n) is 7.78. The van der Waals surface area contributed by atoms with Crippen molar-refractivity contribution in [2.45, 2.75) is 53.5 Å². The minimum atomic E-state index is -0.730. The molecule has 11 heteroatoms. The van der Waals surface area contributed by atoms with Gasteiger partial charge in [0.05, 0.1) is 52.2 Å². The van der Waals surface area contributed by atoms with Gasteiger partial charge >= 0.3 is 11.9 Å². The standard InChI is InChI=1S/C35H36BrN3O6S/c1-7-10-27-30(34(42)45-9-3)31(23-13-16-28(43-6)26(36)18-23)39-32(40)29(46-35(39)37-27)19-24-17-20(4)38(21(24)5)25-14-11-22(12-15-25)33(41)44-8-2/h11-19,31H,7-10H2,1-6H3/b29-19-/t31-/m0/s1. The van der Waals surface area contributed by atoms with Crippen LogP contribution in [0.15, 0.2) is 74.1 Å². The number of ether oxygens (including phenoxy) is 3. The number of hydrogen-bond acceptors (Lipinski definition) is 8. The topological polar surface area (TPSA) is 101 Å². The van der Waals surface area contributed by atoms with E-state index < -0.39 is 12.0 Å². The van der Waals surface area contributed by atoms with Gasteiger partial charge in [0.1, 0.15) is 5.75 Å². The minimum Gasteiger partial charge on any atom is -0.496 e. The third kappa shape index (κ3) is 6.26. The van der Waals surface area contributed by atoms with E-state index in [1.807, 2.05) is 63.2 Å². The van der Waals surface area contributed by atoms with E-state index in [0.29, 0.717) is 49.4 Å². The van der Waals surface area contributed by atoms with Crippen LogP contribution in [-0.4, -0.2) is 41.4 Å². The lowest BCUT2D eigenvalue weighted by atomic mass is 9.94. The molecule has 0 aliphatic carbocycles. The first-order valence-electron chi connectivity index (χ1n) is 15.1. The normalized spacial score (nSPS) is 14.6. The summed E-state index contributed by atoms with van der Waals surface area (Å²) in [6.07, 6.45) is 3.20. The van der Waals surface area contributed by atoms with E-state index in [1.54, 1.807) is 37.7 Å². The van der Waals surface area contributed by atoms with E-state index in [0.717, 1.165) is 34.6 Å². The van der Waals surface area contributed by atoms with Crippen molar-refractivity contribution in [1.82, 2.24) is 9.13 Å². The van der Waals surface area contributed by atoms with Crippen molar-refractivity contribution in [3.05, 3.63) is 112 Å². The van der Waals surface area contributed by atoms with Gasteiger partial charge in [-0.1, -0.05) is 30.7 Å². The van der Waals surface area contributed by atoms with Gasteiger partial charge in [-0.15, -0.1) is 0 Å². The highest BCUT2D eigenvalue weighted by Crippen LogP contribution is 2.36. The number of benzene rings is 2. The molecule has 2 aromatic heterocycles. The second kappa shape index (κ2) is 14.0. The van der Waals surface area contributed by atoms with Crippen LogP contribution in [0.2, 0.25) is 0 Å². The number of methoxy groups -OCH3 is 1. The van der Waals surface area contributed by atoms with E-state index in [2.05, 4.69) is 20.5 Å². The summed E-state index contributed by atoms with van der Waals surface area (Å²) in [6.45, 7) is 10.1. The SMILES string of the molecule is CCCC1=C(C(=O)OCC)[C@H](c2ccc(OC)c(Br)c2)n2c(s/c(=C\c3cc(C)n(-c4ccc(C(=O)OCC)cc4)c3C)c2=O)=N1. The monoisotopic (exact) mass is 705 g/mol. The highest BCUT2D eigenvalue weighted by Gasteiger charge is 2.34. The van der Waals surface area contributed by atoms with Gasteiger partial charge in [0.2, 0.25) is 0 Å². The fourth-order valence-electron chi connectivity index (χ4n) is 5.72. The number of aromatic nitrogens is 2. The Hall–Kier alpha value is -4.22. The van der Waals surface area contributed by atoms with Crippen molar-refractivity contribution in [3.8, 4) is 11.4 Å². The number of aryl methyl sites for hydroxylation is 1. The zero-order valence-corrected chi connectivity index (χ0v) is 29.1. The quantitative estimate of drug-likeness (QED) is 0.190. The molecule has 0 fully saturated rings. The fraction of sp³-hybridized carbons (Fsp3) is 0.314. The Labute approximate surface area is 279 Å². The molecule has 0 radical (unpaired) electrons. The number of hydrogen-bond donors (Lipinski definition) is 0. The molecule has 0 N–H and O–H groups in total. The molecule has 2 aromatic carbocycles. The predicted octanol–water partition coefficient (Wildman–Crippen LogP) is 5.93. The van der Waals surface area contributed by atoms with Gasteiger partial charge in [0.15, 0.2) is 4.80 Å². The van der Waals surface area contributed by atoms with Crippen LogP contribution < -0.4 is 19.6 Å². The number of allylic oxidation sites excluding steroid dienone is 1. The van der Waals surface area contributed by atoms with E-state index in [1.165, 1.54) is 11.3 Å². The molecule has 0 saturated carbocycles. The van der Waals surface area contributed by atoms with E-state index >= 15 is 0 Å². The highest BCUT2D eigenvalue weighted by molar-refractivity contribution is 9.10. The fourth-order valence-corrected chi connectivity index (χ4v) is 7.29. The van der Waals surface area contributed by atoms with Crippen molar-refractivity contribution < 1.29 is 23.8 Å². The van der Waals surface area contributed by atoms with Gasteiger partial charge in [-0.05, 0) is 110 Å². The van der Waals surface area contributed by atoms with Crippen LogP contribution in [0.3, 0.4) is 0 Å². The predicted molar refractivity (Wildman–Crippen MR) is 182 cm³/mol. The smallest absolute Gasteiger partial charge is 0.338 e. The van der Waals surface area contributed by atoms with Crippen molar-refractivity contribution in [1.29, 1.82) is 0 Å². The molecule has 46 heavy (non-hydrogen) atoms. The summed E-state index contributed by atoms with van der Waals surface area (Å²) in [7, 11) is 1.58. The number of carbonyl (C=O) groups excluding carboxylic acids is 2. The van der Waals surface area contributed by atoms with Crippen LogP contribution in [0.5, 0.6) is 5.75 Å². The maximum Gasteiger partial charge on any atom is 0.338 e. The lowest BCUT2D eigenvalue weighted by molar-refractivity contribution is -0.139. The number of fused-ring (bicyclic) bond motifs is 1. The Kier molecular flexibility index (Phi) is 10.1. The molecule has 240 valence electrons. The Balaban J connectivity index is 1.66. The molecule has 5 rings (SSSR count). The van der Waals surface area contributed by atoms with Crippen LogP contribution in [0.4, 0.5) is 0 Å². The first kappa shape index (κ1) is 33.2. The third-order valence-corrected chi connectivity index (χ3v) is 9.38. The molecule has 4 aromatic rings. The van der Waals surface area contributed by atoms with Gasteiger partial charge in [-0.25, -0.2) is 14.6 Å². The number of carbonyl (C=O) groups is 2. The molecular weight excluding hydrogens is 670 g/mol. The van der Waals surface area contributed by atoms with E-state index in [9.17, 15) is 14.4 Å². The van der Waals surface area contributed by atoms with Gasteiger partial charge < -0.3 is 18.8 Å². The molecule has 0 saturated heterocycles. The Morgan fingerprint density at radius 1 is 1.00 bits per heavy atom. The minimum absolute atomic E-state index is 0.201. The number of thiazole rings is 1. The van der Waals surface area contributed by atoms with Crippen LogP contribution in [0.1, 0.15) is 72.5 Å². The number of halogens is 1. The average molecular weight is 707 g/mol. The Morgan fingerprint density at radius 2 is 1.70 bits per heavy atom. The summed E-state index contributed by atoms with van der Waals surface area (Å²) in [4.78, 5) is 45.3. The molecular formula is C35H36BrN3O6S. The van der Waals surface area contributed by atoms with Crippen molar-refractivity contribution in [2.75, 3.05) is 20.3 Å². The van der Waals surface area contributed by atoms with Crippen molar-refractivity contribution >= 4 is 45.3 Å². The summed E-state index contributed by atoms with van der Waals surface area (Å²) >= 11 is 4.87. The lowest BCUT2D eigenvalue weighted by Crippen LogP contribution is -2.40. The molecule has 0 spiro atoms. The van der Waals surface area contributed by atoms with Gasteiger partial charge in [-0.3, -0.25) is 9.36 Å². The first-order chi connectivity index (χ1) is 22.1. The Morgan fingerprint density at radius 3 is 2.33 bits per heavy atom. The van der Waals surface area contributed by atoms with Gasteiger partial charge in [0.25, 0.3) is 5.56 Å². The molecule has 1 atom stereocenters. The van der Waals surface area contributed by atoms with Crippen molar-refractivity contribution in [3.63, 3.8) is 0 Å². The summed E-state index contributed by atoms with van der Waals surface area (Å²) < 4.78 is 20.9. The maximum absolute atomic E-state index is 14.2. The van der Waals surface area contributed by atoms with Gasteiger partial charge in [-0.2, -0.15) is 0 Å². The zero-order chi connectivity index (χ0) is 33.1. The van der Waals surface area contributed by atoms with Crippen LogP contribution >= 0.6 is 27.3 Å². The lowest BCUT2D eigenvalue weighted by Gasteiger charge is -2.26. The molecule has 3 heterocycles. The molecule has 0 bridgehead atoms. The summed E-state index contributed by atoms with van der Waals surface area (Å²) in [5.41, 5.74) is 5.62. The molecule has 9 nitrogen and oxygen atoms in total. The van der Waals surface area contributed by atoms with Crippen LogP contribution in [0, 0.1) is 13.8 Å². The molecule has 1 aliphatic rings. The Bertz CT molecular complexity index is 2020. The largest absolute Gasteiger partial charge is 0.496 e. The van der Waals surface area contributed by atoms with Crippen molar-refractivity contribution in [2.24, 2.45) is 4.99 Å². The van der Waals surface area contributed by atoms with Gasteiger partial charge in [0, 0.05) is 17.1 Å². The summed E-state index contributed by atoms with van der Waals surface area (Å²) in [5, 5.41) is 0. The number of rotatable bonds is 10. The van der Waals surface area contributed by atoms with E-state index in [4.69, 9.17) is 19.2 Å². The molecule has 1 aliphatic heterocycles. The van der Waals surface area contributed by atoms with Crippen LogP contribution in [-0.2, 0) is 14.3 Å². The molecule has 0 unspecified atom stereocenters. The zero-order valence-electron chi connectivity index (χ0n) is 26.7. The van der Waals surface area contributed by atoms with Crippen LogP contribution in [0.25, 0.3) is 11.8 Å². The summed E-state index contributed by atoms with van der Waals surface area (Å²) in [5.74, 6) is -0.212. The summed E-state index contributed by atoms with van der Waals surface area (Å²) in [6, 6.07) is 14.1. The average Bonchev–Trinajstić information content (AvgIpc) is 3.50. The number of nitrogens with zero attached hydrogens (tertiary/aromatic N) is 3. The first-order valence-corrected chi connectivity index (χ1v) is 16.8.